The van der Waals surface area contributed by atoms with Gasteiger partial charge in [0.05, 0.1) is 0 Å². The molecular formula is C17H20N2O2. The van der Waals surface area contributed by atoms with Crippen LogP contribution in [0, 0.1) is 6.92 Å². The van der Waals surface area contributed by atoms with Crippen molar-refractivity contribution in [3.05, 3.63) is 64.1 Å². The number of amides is 1. The molecule has 0 aliphatic rings. The van der Waals surface area contributed by atoms with E-state index in [-0.39, 0.29) is 18.0 Å². The summed E-state index contributed by atoms with van der Waals surface area (Å²) < 4.78 is 1.39. The molecule has 2 rings (SSSR count). The van der Waals surface area contributed by atoms with Gasteiger partial charge in [-0.15, -0.1) is 0 Å². The van der Waals surface area contributed by atoms with Crippen molar-refractivity contribution in [3.63, 3.8) is 0 Å². The Morgan fingerprint density at radius 3 is 2.62 bits per heavy atom. The molecule has 0 unspecified atom stereocenters. The zero-order chi connectivity index (χ0) is 15.4. The van der Waals surface area contributed by atoms with Crippen LogP contribution in [0.3, 0.4) is 0 Å². The van der Waals surface area contributed by atoms with Crippen LogP contribution in [0.1, 0.15) is 30.9 Å². The van der Waals surface area contributed by atoms with Gasteiger partial charge >= 0.3 is 0 Å². The molecule has 0 aliphatic heterocycles. The van der Waals surface area contributed by atoms with E-state index in [9.17, 15) is 9.59 Å². The van der Waals surface area contributed by atoms with Crippen LogP contribution < -0.4 is 10.9 Å². The predicted octanol–water partition coefficient (Wildman–Crippen LogP) is 2.92. The lowest BCUT2D eigenvalue weighted by atomic mass is 9.98. The van der Waals surface area contributed by atoms with Crippen LogP contribution in [-0.4, -0.2) is 10.5 Å². The molecule has 1 aromatic carbocycles. The Hall–Kier alpha value is -2.36. The van der Waals surface area contributed by atoms with E-state index in [1.807, 2.05) is 25.1 Å². The third kappa shape index (κ3) is 3.60. The number of hydrogen-bond donors (Lipinski definition) is 1. The van der Waals surface area contributed by atoms with E-state index in [2.05, 4.69) is 19.2 Å². The van der Waals surface area contributed by atoms with Gasteiger partial charge in [0, 0.05) is 18.0 Å². The lowest BCUT2D eigenvalue weighted by Crippen LogP contribution is -2.27. The minimum atomic E-state index is -0.195. The Bertz CT molecular complexity index is 702. The van der Waals surface area contributed by atoms with Gasteiger partial charge in [0.15, 0.2) is 0 Å². The molecule has 1 aromatic heterocycles. The zero-order valence-corrected chi connectivity index (χ0v) is 12.6. The second kappa shape index (κ2) is 6.39. The maximum Gasteiger partial charge on any atom is 0.250 e. The molecular weight excluding hydrogens is 264 g/mol. The van der Waals surface area contributed by atoms with Crippen molar-refractivity contribution >= 4 is 11.6 Å². The summed E-state index contributed by atoms with van der Waals surface area (Å²) in [4.78, 5) is 23.8. The van der Waals surface area contributed by atoms with E-state index in [1.54, 1.807) is 18.3 Å². The fraction of sp³-hybridized carbons (Fsp3) is 0.294. The topological polar surface area (TPSA) is 51.1 Å². The van der Waals surface area contributed by atoms with Gasteiger partial charge in [-0.1, -0.05) is 38.1 Å². The van der Waals surface area contributed by atoms with Crippen molar-refractivity contribution < 1.29 is 4.79 Å². The molecule has 4 nitrogen and oxygen atoms in total. The summed E-state index contributed by atoms with van der Waals surface area (Å²) in [6.07, 6.45) is 1.61. The van der Waals surface area contributed by atoms with Crippen LogP contribution in [0.15, 0.2) is 47.4 Å². The van der Waals surface area contributed by atoms with Crippen molar-refractivity contribution in [2.24, 2.45) is 0 Å². The van der Waals surface area contributed by atoms with Crippen molar-refractivity contribution in [1.82, 2.24) is 4.57 Å². The molecule has 0 aliphatic carbocycles. The highest BCUT2D eigenvalue weighted by Crippen LogP contribution is 2.27. The van der Waals surface area contributed by atoms with Gasteiger partial charge in [-0.05, 0) is 30.0 Å². The first-order valence-corrected chi connectivity index (χ1v) is 7.04. The second-order valence-corrected chi connectivity index (χ2v) is 5.41. The van der Waals surface area contributed by atoms with Crippen molar-refractivity contribution in [2.45, 2.75) is 33.2 Å². The van der Waals surface area contributed by atoms with Crippen LogP contribution in [0.25, 0.3) is 0 Å². The molecule has 0 atom stereocenters. The van der Waals surface area contributed by atoms with E-state index in [4.69, 9.17) is 0 Å². The lowest BCUT2D eigenvalue weighted by molar-refractivity contribution is -0.116. The number of aromatic nitrogens is 1. The van der Waals surface area contributed by atoms with Crippen LogP contribution in [0.5, 0.6) is 0 Å². The van der Waals surface area contributed by atoms with Gasteiger partial charge < -0.3 is 9.88 Å². The molecule has 1 N–H and O–H groups in total. The monoisotopic (exact) mass is 284 g/mol. The number of hydrogen-bond acceptors (Lipinski definition) is 2. The molecule has 0 saturated heterocycles. The fourth-order valence-corrected chi connectivity index (χ4v) is 2.27. The van der Waals surface area contributed by atoms with E-state index in [0.29, 0.717) is 5.92 Å². The smallest absolute Gasteiger partial charge is 0.250 e. The van der Waals surface area contributed by atoms with E-state index < -0.39 is 0 Å². The van der Waals surface area contributed by atoms with Crippen molar-refractivity contribution in [3.8, 4) is 0 Å². The average molecular weight is 284 g/mol. The number of carbonyl (C=O) groups is 1. The number of aryl methyl sites for hydroxylation is 1. The van der Waals surface area contributed by atoms with Gasteiger partial charge in [-0.25, -0.2) is 0 Å². The zero-order valence-electron chi connectivity index (χ0n) is 12.6. The summed E-state index contributed by atoms with van der Waals surface area (Å²) in [5.74, 6) is 0.124. The number of pyridine rings is 1. The molecule has 21 heavy (non-hydrogen) atoms. The van der Waals surface area contributed by atoms with Crippen LogP contribution in [0.2, 0.25) is 0 Å². The highest BCUT2D eigenvalue weighted by Gasteiger charge is 2.12. The number of nitrogens with zero attached hydrogens (tertiary/aromatic N) is 1. The fourth-order valence-electron chi connectivity index (χ4n) is 2.27. The molecule has 1 amide bonds. The molecule has 0 bridgehead atoms. The van der Waals surface area contributed by atoms with E-state index >= 15 is 0 Å². The molecule has 1 heterocycles. The largest absolute Gasteiger partial charge is 0.324 e. The Morgan fingerprint density at radius 1 is 1.19 bits per heavy atom. The van der Waals surface area contributed by atoms with Gasteiger partial charge in [0.25, 0.3) is 5.56 Å². The molecule has 110 valence electrons. The van der Waals surface area contributed by atoms with E-state index in [0.717, 1.165) is 16.8 Å². The number of benzene rings is 1. The highest BCUT2D eigenvalue weighted by molar-refractivity contribution is 5.92. The summed E-state index contributed by atoms with van der Waals surface area (Å²) >= 11 is 0. The maximum absolute atomic E-state index is 12.2. The van der Waals surface area contributed by atoms with Crippen molar-refractivity contribution in [1.29, 1.82) is 0 Å². The van der Waals surface area contributed by atoms with Crippen LogP contribution in [0.4, 0.5) is 5.69 Å². The Morgan fingerprint density at radius 2 is 1.95 bits per heavy atom. The number of rotatable bonds is 4. The number of para-hydroxylation sites is 1. The lowest BCUT2D eigenvalue weighted by Gasteiger charge is -2.16. The average Bonchev–Trinajstić information content (AvgIpc) is 2.43. The summed E-state index contributed by atoms with van der Waals surface area (Å²) in [5.41, 5.74) is 2.79. The molecule has 4 heteroatoms. The first-order valence-electron chi connectivity index (χ1n) is 7.04. The van der Waals surface area contributed by atoms with E-state index in [1.165, 1.54) is 10.6 Å². The van der Waals surface area contributed by atoms with Crippen LogP contribution in [-0.2, 0) is 11.3 Å². The van der Waals surface area contributed by atoms with Gasteiger partial charge in [-0.3, -0.25) is 9.59 Å². The third-order valence-corrected chi connectivity index (χ3v) is 3.40. The minimum Gasteiger partial charge on any atom is -0.324 e. The standard InChI is InChI=1S/C17H20N2O2/c1-12(2)14-8-6-7-13(3)17(14)18-15(20)11-19-10-5-4-9-16(19)21/h4-10,12H,11H2,1-3H3,(H,18,20). The quantitative estimate of drug-likeness (QED) is 0.938. The van der Waals surface area contributed by atoms with Crippen molar-refractivity contribution in [2.75, 3.05) is 5.32 Å². The molecule has 0 fully saturated rings. The molecule has 0 radical (unpaired) electrons. The Labute approximate surface area is 124 Å². The minimum absolute atomic E-state index is 0.0194. The summed E-state index contributed by atoms with van der Waals surface area (Å²) in [7, 11) is 0. The number of anilines is 1. The Balaban J connectivity index is 2.21. The number of carbonyl (C=O) groups excluding carboxylic acids is 1. The first-order chi connectivity index (χ1) is 9.99. The maximum atomic E-state index is 12.2. The number of nitrogens with one attached hydrogen (secondary N) is 1. The normalized spacial score (nSPS) is 10.7. The highest BCUT2D eigenvalue weighted by atomic mass is 16.2. The van der Waals surface area contributed by atoms with Gasteiger partial charge in [0.1, 0.15) is 6.54 Å². The molecule has 2 aromatic rings. The van der Waals surface area contributed by atoms with Gasteiger partial charge in [0.2, 0.25) is 5.91 Å². The second-order valence-electron chi connectivity index (χ2n) is 5.41. The summed E-state index contributed by atoms with van der Waals surface area (Å²) in [5, 5.41) is 2.94. The summed E-state index contributed by atoms with van der Waals surface area (Å²) in [6.45, 7) is 6.17. The molecule has 0 saturated carbocycles. The third-order valence-electron chi connectivity index (χ3n) is 3.40. The first kappa shape index (κ1) is 15.0. The molecule has 0 spiro atoms. The van der Waals surface area contributed by atoms with Gasteiger partial charge in [-0.2, -0.15) is 0 Å². The van der Waals surface area contributed by atoms with Crippen LogP contribution >= 0.6 is 0 Å². The summed E-state index contributed by atoms with van der Waals surface area (Å²) in [6, 6.07) is 10.8. The SMILES string of the molecule is Cc1cccc(C(C)C)c1NC(=O)Cn1ccccc1=O. The predicted molar refractivity (Wildman–Crippen MR) is 84.6 cm³/mol. The Kier molecular flexibility index (Phi) is 4.58.